The fourth-order valence-corrected chi connectivity index (χ4v) is 5.51. The number of carbonyl (C=O) groups excluding carboxylic acids is 1. The average Bonchev–Trinajstić information content (AvgIpc) is 2.73. The summed E-state index contributed by atoms with van der Waals surface area (Å²) in [5.41, 5.74) is 0.212. The van der Waals surface area contributed by atoms with Gasteiger partial charge in [-0.05, 0) is 51.1 Å². The number of sulfonamides is 1. The number of nitrogens with zero attached hydrogens (tertiary/aromatic N) is 3. The molecule has 0 saturated carbocycles. The lowest BCUT2D eigenvalue weighted by Gasteiger charge is -2.32. The van der Waals surface area contributed by atoms with Crippen molar-refractivity contribution in [2.75, 3.05) is 59.4 Å². The molecule has 1 N–H and O–H groups in total. The van der Waals surface area contributed by atoms with Gasteiger partial charge in [0.1, 0.15) is 0 Å². The van der Waals surface area contributed by atoms with Gasteiger partial charge in [-0.3, -0.25) is 4.79 Å². The average molecular weight is 443 g/mol. The monoisotopic (exact) mass is 442 g/mol. The third-order valence-corrected chi connectivity index (χ3v) is 7.89. The van der Waals surface area contributed by atoms with Crippen molar-refractivity contribution >= 4 is 27.5 Å². The molecule has 9 heteroatoms. The SMILES string of the molecule is CN1CCN(CCCNC(=O)c2cc(S(=O)(=O)N3CCCCC3)ccc2Cl)CC1. The number of likely N-dealkylation sites (N-methyl/N-ethyl adjacent to an activating group) is 1. The molecule has 0 bridgehead atoms. The summed E-state index contributed by atoms with van der Waals surface area (Å²) < 4.78 is 27.2. The van der Waals surface area contributed by atoms with Crippen LogP contribution in [0.2, 0.25) is 5.02 Å². The maximum absolute atomic E-state index is 12.9. The zero-order valence-corrected chi connectivity index (χ0v) is 18.6. The summed E-state index contributed by atoms with van der Waals surface area (Å²) in [7, 11) is -1.47. The van der Waals surface area contributed by atoms with Crippen LogP contribution in [0.15, 0.2) is 23.1 Å². The molecule has 0 aliphatic carbocycles. The van der Waals surface area contributed by atoms with Gasteiger partial charge < -0.3 is 15.1 Å². The number of benzene rings is 1. The second-order valence-corrected chi connectivity index (χ2v) is 10.2. The highest BCUT2D eigenvalue weighted by Crippen LogP contribution is 2.25. The lowest BCUT2D eigenvalue weighted by atomic mass is 10.2. The van der Waals surface area contributed by atoms with Gasteiger partial charge in [0.05, 0.1) is 15.5 Å². The highest BCUT2D eigenvalue weighted by atomic mass is 35.5. The van der Waals surface area contributed by atoms with Crippen LogP contribution in [0.5, 0.6) is 0 Å². The van der Waals surface area contributed by atoms with E-state index in [0.717, 1.165) is 58.4 Å². The molecule has 0 atom stereocenters. The fraction of sp³-hybridized carbons (Fsp3) is 0.650. The minimum atomic E-state index is -3.59. The van der Waals surface area contributed by atoms with E-state index in [1.165, 1.54) is 22.5 Å². The topological polar surface area (TPSA) is 73.0 Å². The Balaban J connectivity index is 1.56. The predicted octanol–water partition coefficient (Wildman–Crippen LogP) is 1.88. The number of rotatable bonds is 7. The van der Waals surface area contributed by atoms with E-state index in [4.69, 9.17) is 11.6 Å². The van der Waals surface area contributed by atoms with Crippen molar-refractivity contribution in [1.29, 1.82) is 0 Å². The molecule has 162 valence electrons. The number of carbonyl (C=O) groups is 1. The Morgan fingerprint density at radius 2 is 1.76 bits per heavy atom. The molecule has 0 radical (unpaired) electrons. The van der Waals surface area contributed by atoms with Crippen LogP contribution in [-0.2, 0) is 10.0 Å². The van der Waals surface area contributed by atoms with Crippen LogP contribution in [0.3, 0.4) is 0 Å². The van der Waals surface area contributed by atoms with Gasteiger partial charge in [-0.1, -0.05) is 18.0 Å². The Morgan fingerprint density at radius 1 is 1.07 bits per heavy atom. The first-order chi connectivity index (χ1) is 13.9. The molecule has 0 unspecified atom stereocenters. The highest BCUT2D eigenvalue weighted by Gasteiger charge is 2.27. The van der Waals surface area contributed by atoms with Crippen molar-refractivity contribution in [2.45, 2.75) is 30.6 Å². The maximum atomic E-state index is 12.9. The molecule has 1 aromatic rings. The lowest BCUT2D eigenvalue weighted by Crippen LogP contribution is -2.45. The van der Waals surface area contributed by atoms with Gasteiger partial charge in [-0.15, -0.1) is 0 Å². The quantitative estimate of drug-likeness (QED) is 0.653. The summed E-state index contributed by atoms with van der Waals surface area (Å²) in [6, 6.07) is 4.38. The van der Waals surface area contributed by atoms with Crippen LogP contribution < -0.4 is 5.32 Å². The maximum Gasteiger partial charge on any atom is 0.252 e. The first-order valence-electron chi connectivity index (χ1n) is 10.4. The van der Waals surface area contributed by atoms with E-state index in [0.29, 0.717) is 19.6 Å². The van der Waals surface area contributed by atoms with Crippen LogP contribution in [0.1, 0.15) is 36.0 Å². The van der Waals surface area contributed by atoms with E-state index in [1.54, 1.807) is 0 Å². The van der Waals surface area contributed by atoms with E-state index in [-0.39, 0.29) is 21.4 Å². The summed E-state index contributed by atoms with van der Waals surface area (Å²) in [4.78, 5) is 17.4. The Kier molecular flexibility index (Phi) is 7.92. The number of halogens is 1. The molecule has 2 aliphatic heterocycles. The first kappa shape index (κ1) is 22.5. The number of piperazine rings is 1. The summed E-state index contributed by atoms with van der Waals surface area (Å²) in [6.45, 7) is 6.76. The molecule has 29 heavy (non-hydrogen) atoms. The molecule has 2 fully saturated rings. The largest absolute Gasteiger partial charge is 0.352 e. The fourth-order valence-electron chi connectivity index (χ4n) is 3.76. The smallest absolute Gasteiger partial charge is 0.252 e. The zero-order valence-electron chi connectivity index (χ0n) is 17.1. The number of piperidine rings is 1. The predicted molar refractivity (Wildman–Crippen MR) is 115 cm³/mol. The Labute approximate surface area is 179 Å². The van der Waals surface area contributed by atoms with Crippen molar-refractivity contribution < 1.29 is 13.2 Å². The van der Waals surface area contributed by atoms with Crippen LogP contribution in [-0.4, -0.2) is 87.8 Å². The Morgan fingerprint density at radius 3 is 2.45 bits per heavy atom. The lowest BCUT2D eigenvalue weighted by molar-refractivity contribution is 0.0949. The molecule has 3 rings (SSSR count). The molecule has 2 aliphatic rings. The van der Waals surface area contributed by atoms with Gasteiger partial charge in [0.25, 0.3) is 5.91 Å². The van der Waals surface area contributed by atoms with Gasteiger partial charge in [-0.25, -0.2) is 8.42 Å². The van der Waals surface area contributed by atoms with Crippen LogP contribution in [0.4, 0.5) is 0 Å². The van der Waals surface area contributed by atoms with Gasteiger partial charge >= 0.3 is 0 Å². The number of hydrogen-bond donors (Lipinski definition) is 1. The van der Waals surface area contributed by atoms with Crippen molar-refractivity contribution in [3.8, 4) is 0 Å². The molecule has 0 aromatic heterocycles. The molecule has 1 aromatic carbocycles. The highest BCUT2D eigenvalue weighted by molar-refractivity contribution is 7.89. The molecular weight excluding hydrogens is 412 g/mol. The molecule has 2 heterocycles. The molecule has 7 nitrogen and oxygen atoms in total. The second-order valence-electron chi connectivity index (χ2n) is 7.86. The minimum absolute atomic E-state index is 0.131. The number of amides is 1. The molecule has 0 spiro atoms. The molecule has 1 amide bonds. The van der Waals surface area contributed by atoms with E-state index in [2.05, 4.69) is 22.2 Å². The van der Waals surface area contributed by atoms with Gasteiger partial charge in [0.2, 0.25) is 10.0 Å². The first-order valence-corrected chi connectivity index (χ1v) is 12.2. The Hall–Kier alpha value is -1.19. The van der Waals surface area contributed by atoms with Gasteiger partial charge in [0.15, 0.2) is 0 Å². The minimum Gasteiger partial charge on any atom is -0.352 e. The standard InChI is InChI=1S/C20H31ClN4O3S/c1-23-12-14-24(15-13-23)9-5-8-22-20(26)18-16-17(6-7-19(18)21)29(27,28)25-10-3-2-4-11-25/h6-7,16H,2-5,8-15H2,1H3,(H,22,26). The number of hydrogen-bond acceptors (Lipinski definition) is 5. The third-order valence-electron chi connectivity index (χ3n) is 5.67. The molecule has 2 saturated heterocycles. The Bertz CT molecular complexity index is 804. The van der Waals surface area contributed by atoms with E-state index >= 15 is 0 Å². The van der Waals surface area contributed by atoms with E-state index in [1.807, 2.05) is 0 Å². The van der Waals surface area contributed by atoms with Crippen LogP contribution in [0.25, 0.3) is 0 Å². The van der Waals surface area contributed by atoms with Gasteiger partial charge in [0, 0.05) is 45.8 Å². The summed E-state index contributed by atoms with van der Waals surface area (Å²) in [5, 5.41) is 3.14. The summed E-state index contributed by atoms with van der Waals surface area (Å²) in [5.74, 6) is -0.330. The van der Waals surface area contributed by atoms with Crippen LogP contribution in [0, 0.1) is 0 Å². The summed E-state index contributed by atoms with van der Waals surface area (Å²) in [6.07, 6.45) is 3.63. The zero-order chi connectivity index (χ0) is 20.9. The summed E-state index contributed by atoms with van der Waals surface area (Å²) >= 11 is 6.19. The van der Waals surface area contributed by atoms with Gasteiger partial charge in [-0.2, -0.15) is 4.31 Å². The third kappa shape index (κ3) is 5.92. The second kappa shape index (κ2) is 10.2. The van der Waals surface area contributed by atoms with Crippen molar-refractivity contribution in [3.63, 3.8) is 0 Å². The number of nitrogens with one attached hydrogen (secondary N) is 1. The van der Waals surface area contributed by atoms with Crippen molar-refractivity contribution in [3.05, 3.63) is 28.8 Å². The van der Waals surface area contributed by atoms with Crippen molar-refractivity contribution in [1.82, 2.24) is 19.4 Å². The molecular formula is C20H31ClN4O3S. The van der Waals surface area contributed by atoms with E-state index in [9.17, 15) is 13.2 Å². The van der Waals surface area contributed by atoms with Crippen molar-refractivity contribution in [2.24, 2.45) is 0 Å². The van der Waals surface area contributed by atoms with Crippen LogP contribution >= 0.6 is 11.6 Å². The van der Waals surface area contributed by atoms with E-state index < -0.39 is 10.0 Å². The normalized spacial score (nSPS) is 19.9.